The summed E-state index contributed by atoms with van der Waals surface area (Å²) in [6.07, 6.45) is 0. The molecular formula is C60H41NO. The minimum Gasteiger partial charge on any atom is -0.456 e. The number of benzene rings is 10. The van der Waals surface area contributed by atoms with Crippen LogP contribution in [0.2, 0.25) is 0 Å². The van der Waals surface area contributed by atoms with Crippen LogP contribution in [0.15, 0.2) is 231 Å². The molecule has 0 aromatic heterocycles. The Balaban J connectivity index is 1.03. The Morgan fingerprint density at radius 3 is 1.73 bits per heavy atom. The molecule has 62 heavy (non-hydrogen) atoms. The maximum Gasteiger partial charge on any atom is 0.135 e. The third kappa shape index (κ3) is 5.65. The first-order valence-electron chi connectivity index (χ1n) is 21.4. The molecule has 1 atom stereocenters. The van der Waals surface area contributed by atoms with Crippen LogP contribution in [0.1, 0.15) is 23.6 Å². The van der Waals surface area contributed by atoms with Gasteiger partial charge in [0.2, 0.25) is 0 Å². The molecule has 12 rings (SSSR count). The van der Waals surface area contributed by atoms with Gasteiger partial charge in [0.25, 0.3) is 0 Å². The zero-order chi connectivity index (χ0) is 41.2. The number of nitrogens with zero attached hydrogens (tertiary/aromatic N) is 1. The van der Waals surface area contributed by atoms with E-state index in [-0.39, 0.29) is 5.41 Å². The summed E-state index contributed by atoms with van der Waals surface area (Å²) in [6, 6.07) is 83.7. The maximum absolute atomic E-state index is 6.50. The van der Waals surface area contributed by atoms with Gasteiger partial charge in [-0.15, -0.1) is 0 Å². The Labute approximate surface area is 362 Å². The van der Waals surface area contributed by atoms with E-state index in [2.05, 4.69) is 236 Å². The highest BCUT2D eigenvalue weighted by Gasteiger charge is 2.42. The summed E-state index contributed by atoms with van der Waals surface area (Å²) in [5.74, 6) is 1.79. The first kappa shape index (κ1) is 36.0. The highest BCUT2D eigenvalue weighted by molar-refractivity contribution is 6.10. The first-order valence-corrected chi connectivity index (χ1v) is 21.4. The number of rotatable bonds is 7. The average Bonchev–Trinajstić information content (AvgIpc) is 3.62. The van der Waals surface area contributed by atoms with E-state index in [0.29, 0.717) is 0 Å². The average molecular weight is 792 g/mol. The highest BCUT2D eigenvalue weighted by Crippen LogP contribution is 2.57. The Morgan fingerprint density at radius 2 is 0.952 bits per heavy atom. The SMILES string of the molecule is CC1(c2ccccc2)c2ccccc2-c2c(N(c3ccc(-c4ccc(-c5ccccc5)cc4)cc3)c3cccc(-c4ccc5c6c(cccc46)-c4ccccc4O5)c3)cccc21. The summed E-state index contributed by atoms with van der Waals surface area (Å²) in [6.45, 7) is 2.39. The molecule has 10 aromatic rings. The molecule has 0 saturated carbocycles. The van der Waals surface area contributed by atoms with E-state index in [9.17, 15) is 0 Å². The second kappa shape index (κ2) is 14.4. The van der Waals surface area contributed by atoms with Gasteiger partial charge in [0, 0.05) is 33.3 Å². The van der Waals surface area contributed by atoms with Crippen molar-refractivity contribution in [3.63, 3.8) is 0 Å². The fraction of sp³-hybridized carbons (Fsp3) is 0.0333. The third-order valence-corrected chi connectivity index (χ3v) is 13.2. The molecule has 0 radical (unpaired) electrons. The van der Waals surface area contributed by atoms with E-state index in [1.807, 2.05) is 6.07 Å². The van der Waals surface area contributed by atoms with Gasteiger partial charge in [-0.25, -0.2) is 0 Å². The van der Waals surface area contributed by atoms with Crippen LogP contribution in [0.25, 0.3) is 66.4 Å². The second-order valence-electron chi connectivity index (χ2n) is 16.5. The van der Waals surface area contributed by atoms with Crippen LogP contribution in [-0.4, -0.2) is 0 Å². The fourth-order valence-corrected chi connectivity index (χ4v) is 10.2. The van der Waals surface area contributed by atoms with Crippen molar-refractivity contribution in [1.82, 2.24) is 0 Å². The number of hydrogen-bond donors (Lipinski definition) is 0. The monoisotopic (exact) mass is 791 g/mol. The van der Waals surface area contributed by atoms with E-state index in [4.69, 9.17) is 4.74 Å². The van der Waals surface area contributed by atoms with Crippen molar-refractivity contribution < 1.29 is 4.74 Å². The van der Waals surface area contributed by atoms with E-state index < -0.39 is 0 Å². The highest BCUT2D eigenvalue weighted by atomic mass is 16.5. The van der Waals surface area contributed by atoms with E-state index in [1.54, 1.807) is 0 Å². The molecule has 0 N–H and O–H groups in total. The lowest BCUT2D eigenvalue weighted by molar-refractivity contribution is 0.487. The summed E-state index contributed by atoms with van der Waals surface area (Å²) in [7, 11) is 0. The molecule has 0 saturated heterocycles. The van der Waals surface area contributed by atoms with Crippen molar-refractivity contribution in [2.75, 3.05) is 4.90 Å². The van der Waals surface area contributed by atoms with Gasteiger partial charge in [-0.1, -0.05) is 188 Å². The van der Waals surface area contributed by atoms with Crippen molar-refractivity contribution >= 4 is 27.8 Å². The Hall–Kier alpha value is -7.94. The number of anilines is 3. The molecule has 1 heterocycles. The topological polar surface area (TPSA) is 12.5 Å². The summed E-state index contributed by atoms with van der Waals surface area (Å²) in [5, 5.41) is 2.32. The number of para-hydroxylation sites is 1. The first-order chi connectivity index (χ1) is 30.6. The van der Waals surface area contributed by atoms with E-state index >= 15 is 0 Å². The van der Waals surface area contributed by atoms with Gasteiger partial charge in [0.05, 0.1) is 5.69 Å². The third-order valence-electron chi connectivity index (χ3n) is 13.2. The van der Waals surface area contributed by atoms with Gasteiger partial charge < -0.3 is 9.64 Å². The van der Waals surface area contributed by atoms with Crippen LogP contribution < -0.4 is 9.64 Å². The predicted molar refractivity (Wildman–Crippen MR) is 258 cm³/mol. The molecule has 1 unspecified atom stereocenters. The predicted octanol–water partition coefficient (Wildman–Crippen LogP) is 16.4. The molecule has 2 aliphatic rings. The van der Waals surface area contributed by atoms with Gasteiger partial charge in [-0.2, -0.15) is 0 Å². The lowest BCUT2D eigenvalue weighted by Crippen LogP contribution is -2.22. The lowest BCUT2D eigenvalue weighted by Gasteiger charge is -2.31. The Kier molecular flexibility index (Phi) is 8.33. The molecule has 0 amide bonds. The molecule has 1 aliphatic heterocycles. The van der Waals surface area contributed by atoms with Gasteiger partial charge in [-0.3, -0.25) is 0 Å². The molecule has 0 fully saturated rings. The summed E-state index contributed by atoms with van der Waals surface area (Å²) >= 11 is 0. The zero-order valence-corrected chi connectivity index (χ0v) is 34.3. The quantitative estimate of drug-likeness (QED) is 0.159. The summed E-state index contributed by atoms with van der Waals surface area (Å²) in [5.41, 5.74) is 18.9. The molecule has 0 spiro atoms. The number of fused-ring (bicyclic) bond motifs is 5. The van der Waals surface area contributed by atoms with Crippen molar-refractivity contribution in [1.29, 1.82) is 0 Å². The molecule has 292 valence electrons. The Morgan fingerprint density at radius 1 is 0.371 bits per heavy atom. The molecule has 2 nitrogen and oxygen atoms in total. The summed E-state index contributed by atoms with van der Waals surface area (Å²) in [4.78, 5) is 2.46. The summed E-state index contributed by atoms with van der Waals surface area (Å²) < 4.78 is 6.50. The molecule has 1 aliphatic carbocycles. The van der Waals surface area contributed by atoms with Crippen LogP contribution in [0.4, 0.5) is 17.1 Å². The minimum atomic E-state index is -0.323. The maximum atomic E-state index is 6.50. The van der Waals surface area contributed by atoms with Crippen molar-refractivity contribution in [2.24, 2.45) is 0 Å². The number of ether oxygens (including phenoxy) is 1. The smallest absolute Gasteiger partial charge is 0.135 e. The fourth-order valence-electron chi connectivity index (χ4n) is 10.2. The van der Waals surface area contributed by atoms with Crippen LogP contribution in [0, 0.1) is 0 Å². The van der Waals surface area contributed by atoms with Crippen molar-refractivity contribution in [3.05, 3.63) is 247 Å². The molecule has 2 heteroatoms. The molecule has 10 aromatic carbocycles. The molecular weight excluding hydrogens is 751 g/mol. The van der Waals surface area contributed by atoms with Crippen molar-refractivity contribution in [3.8, 4) is 67.1 Å². The van der Waals surface area contributed by atoms with Gasteiger partial charge in [0.15, 0.2) is 0 Å². The van der Waals surface area contributed by atoms with Crippen molar-refractivity contribution in [2.45, 2.75) is 12.3 Å². The van der Waals surface area contributed by atoms with Crippen LogP contribution in [0.5, 0.6) is 11.5 Å². The van der Waals surface area contributed by atoms with E-state index in [0.717, 1.165) is 45.1 Å². The standard InChI is InChI=1S/C60H41NO/c1-60(45-18-6-3-7-19-45)53-25-10-8-22-52(53)59-54(60)26-14-27-55(59)61(46-35-33-43(34-36-46)42-31-29-41(30-32-42)40-15-4-2-5-16-40)47-20-12-17-44(39-47)48-37-38-57-58-50(48)23-13-24-51(58)49-21-9-11-28-56(49)62-57/h2-39H,1H3. The normalized spacial score (nSPS) is 14.4. The van der Waals surface area contributed by atoms with Gasteiger partial charge in [-0.05, 0) is 116 Å². The second-order valence-corrected chi connectivity index (χ2v) is 16.5. The van der Waals surface area contributed by atoms with E-state index in [1.165, 1.54) is 66.6 Å². The van der Waals surface area contributed by atoms with Gasteiger partial charge >= 0.3 is 0 Å². The number of hydrogen-bond acceptors (Lipinski definition) is 2. The van der Waals surface area contributed by atoms with Crippen LogP contribution in [-0.2, 0) is 5.41 Å². The largest absolute Gasteiger partial charge is 0.456 e. The Bertz CT molecular complexity index is 3320. The minimum absolute atomic E-state index is 0.323. The zero-order valence-electron chi connectivity index (χ0n) is 34.3. The van der Waals surface area contributed by atoms with Crippen LogP contribution >= 0.6 is 0 Å². The van der Waals surface area contributed by atoms with Gasteiger partial charge in [0.1, 0.15) is 11.5 Å². The molecule has 0 bridgehead atoms. The van der Waals surface area contributed by atoms with Crippen LogP contribution in [0.3, 0.4) is 0 Å². The lowest BCUT2D eigenvalue weighted by atomic mass is 9.74.